The summed E-state index contributed by atoms with van der Waals surface area (Å²) in [5.74, 6) is 0.529. The first-order chi connectivity index (χ1) is 13.0. The van der Waals surface area contributed by atoms with Gasteiger partial charge in [-0.15, -0.1) is 10.2 Å². The number of carbonyl (C=O) groups is 2. The summed E-state index contributed by atoms with van der Waals surface area (Å²) >= 11 is 2.72. The highest BCUT2D eigenvalue weighted by Gasteiger charge is 2.23. The molecule has 3 rings (SSSR count). The van der Waals surface area contributed by atoms with E-state index < -0.39 is 0 Å². The van der Waals surface area contributed by atoms with Crippen molar-refractivity contribution in [1.82, 2.24) is 15.1 Å². The third kappa shape index (κ3) is 5.33. The normalized spacial score (nSPS) is 14.3. The van der Waals surface area contributed by atoms with Crippen molar-refractivity contribution in [3.63, 3.8) is 0 Å². The Bertz CT molecular complexity index is 805. The van der Waals surface area contributed by atoms with E-state index in [0.717, 1.165) is 16.4 Å². The molecule has 0 saturated carbocycles. The quantitative estimate of drug-likeness (QED) is 0.687. The van der Waals surface area contributed by atoms with Gasteiger partial charge in [0.2, 0.25) is 11.0 Å². The molecular formula is C17H21N5O3S2. The van der Waals surface area contributed by atoms with Crippen LogP contribution in [-0.2, 0) is 9.59 Å². The second-order valence-electron chi connectivity index (χ2n) is 6.03. The minimum absolute atomic E-state index is 0.0205. The van der Waals surface area contributed by atoms with E-state index in [2.05, 4.69) is 15.1 Å². The largest absolute Gasteiger partial charge is 0.484 e. The molecule has 10 heteroatoms. The van der Waals surface area contributed by atoms with Crippen LogP contribution in [0.2, 0.25) is 0 Å². The number of anilines is 1. The Morgan fingerprint density at radius 3 is 2.67 bits per heavy atom. The lowest BCUT2D eigenvalue weighted by atomic mass is 10.2. The van der Waals surface area contributed by atoms with Gasteiger partial charge in [-0.2, -0.15) is 0 Å². The Kier molecular flexibility index (Phi) is 6.51. The first kappa shape index (κ1) is 19.4. The van der Waals surface area contributed by atoms with Crippen molar-refractivity contribution in [3.05, 3.63) is 29.8 Å². The van der Waals surface area contributed by atoms with Gasteiger partial charge in [-0.3, -0.25) is 9.59 Å². The number of piperazine rings is 1. The van der Waals surface area contributed by atoms with Crippen LogP contribution in [-0.4, -0.2) is 65.5 Å². The van der Waals surface area contributed by atoms with Gasteiger partial charge < -0.3 is 20.3 Å². The van der Waals surface area contributed by atoms with Crippen LogP contribution in [0.4, 0.5) is 5.13 Å². The number of nitrogens with two attached hydrogens (primary N) is 1. The van der Waals surface area contributed by atoms with Gasteiger partial charge in [0, 0.05) is 26.2 Å². The Hall–Kier alpha value is -2.33. The minimum Gasteiger partial charge on any atom is -0.484 e. The molecule has 2 amide bonds. The highest BCUT2D eigenvalue weighted by Crippen LogP contribution is 2.28. The number of thioether (sulfide) groups is 1. The molecule has 1 aromatic carbocycles. The molecule has 1 saturated heterocycles. The molecule has 1 aliphatic rings. The van der Waals surface area contributed by atoms with Crippen LogP contribution in [0.25, 0.3) is 0 Å². The zero-order chi connectivity index (χ0) is 19.2. The number of hydrogen-bond donors (Lipinski definition) is 1. The van der Waals surface area contributed by atoms with Gasteiger partial charge in [0.15, 0.2) is 10.9 Å². The zero-order valence-electron chi connectivity index (χ0n) is 15.0. The molecule has 0 aliphatic carbocycles. The van der Waals surface area contributed by atoms with Gasteiger partial charge in [0.05, 0.1) is 5.75 Å². The summed E-state index contributed by atoms with van der Waals surface area (Å²) in [6.07, 6.45) is 0. The molecule has 2 aromatic rings. The highest BCUT2D eigenvalue weighted by molar-refractivity contribution is 8.01. The van der Waals surface area contributed by atoms with Gasteiger partial charge >= 0.3 is 0 Å². The molecular weight excluding hydrogens is 386 g/mol. The fourth-order valence-electron chi connectivity index (χ4n) is 2.62. The van der Waals surface area contributed by atoms with E-state index in [-0.39, 0.29) is 24.2 Å². The lowest BCUT2D eigenvalue weighted by Gasteiger charge is -2.34. The zero-order valence-corrected chi connectivity index (χ0v) is 16.6. The van der Waals surface area contributed by atoms with Gasteiger partial charge in [0.1, 0.15) is 5.75 Å². The summed E-state index contributed by atoms with van der Waals surface area (Å²) in [5, 5.41) is 9.03. The molecule has 0 unspecified atom stereocenters. The molecule has 1 fully saturated rings. The maximum atomic E-state index is 12.4. The van der Waals surface area contributed by atoms with Gasteiger partial charge in [-0.25, -0.2) is 0 Å². The molecule has 8 nitrogen and oxygen atoms in total. The second kappa shape index (κ2) is 9.05. The second-order valence-corrected chi connectivity index (χ2v) is 8.21. The number of rotatable bonds is 7. The summed E-state index contributed by atoms with van der Waals surface area (Å²) in [5.41, 5.74) is 6.15. The van der Waals surface area contributed by atoms with E-state index in [0.29, 0.717) is 30.5 Å². The Morgan fingerprint density at radius 1 is 1.22 bits per heavy atom. The van der Waals surface area contributed by atoms with Crippen molar-refractivity contribution in [3.8, 4) is 5.75 Å². The molecule has 0 atom stereocenters. The van der Waals surface area contributed by atoms with E-state index >= 15 is 0 Å². The fourth-order valence-corrected chi connectivity index (χ4v) is 4.25. The smallest absolute Gasteiger partial charge is 0.260 e. The number of nitrogens with zero attached hydrogens (tertiary/aromatic N) is 4. The minimum atomic E-state index is -0.378. The van der Waals surface area contributed by atoms with Crippen LogP contribution >= 0.6 is 23.1 Å². The van der Waals surface area contributed by atoms with Crippen LogP contribution in [0.5, 0.6) is 5.75 Å². The third-order valence-corrected chi connectivity index (χ3v) is 6.22. The number of benzene rings is 1. The molecule has 0 bridgehead atoms. The number of primary amides is 1. The van der Waals surface area contributed by atoms with Gasteiger partial charge in [-0.1, -0.05) is 41.3 Å². The van der Waals surface area contributed by atoms with Crippen LogP contribution in [0.3, 0.4) is 0 Å². The number of aryl methyl sites for hydroxylation is 1. The average Bonchev–Trinajstić information content (AvgIpc) is 3.15. The molecule has 2 heterocycles. The lowest BCUT2D eigenvalue weighted by molar-refractivity contribution is -0.133. The summed E-state index contributed by atoms with van der Waals surface area (Å²) in [7, 11) is 0. The molecule has 1 aliphatic heterocycles. The van der Waals surface area contributed by atoms with E-state index in [9.17, 15) is 9.59 Å². The monoisotopic (exact) mass is 407 g/mol. The predicted molar refractivity (Wildman–Crippen MR) is 105 cm³/mol. The standard InChI is InChI=1S/C17H21N5O3S2/c1-12-4-2-3-5-13(12)25-10-15(24)21-6-8-22(9-7-21)16-19-20-17(27-16)26-11-14(18)23/h2-5H,6-11H2,1H3,(H2,18,23). The molecule has 144 valence electrons. The van der Waals surface area contributed by atoms with Crippen molar-refractivity contribution in [2.45, 2.75) is 11.3 Å². The van der Waals surface area contributed by atoms with Crippen LogP contribution in [0.15, 0.2) is 28.6 Å². The number of hydrogen-bond acceptors (Lipinski definition) is 8. The van der Waals surface area contributed by atoms with Crippen molar-refractivity contribution in [2.24, 2.45) is 5.73 Å². The molecule has 0 spiro atoms. The van der Waals surface area contributed by atoms with Crippen LogP contribution in [0.1, 0.15) is 5.56 Å². The first-order valence-electron chi connectivity index (χ1n) is 8.48. The SMILES string of the molecule is Cc1ccccc1OCC(=O)N1CCN(c2nnc(SCC(N)=O)s2)CC1. The predicted octanol–water partition coefficient (Wildman–Crippen LogP) is 1.15. The van der Waals surface area contributed by atoms with Crippen molar-refractivity contribution in [2.75, 3.05) is 43.4 Å². The first-order valence-corrected chi connectivity index (χ1v) is 10.3. The average molecular weight is 408 g/mol. The Morgan fingerprint density at radius 2 is 1.96 bits per heavy atom. The number of carbonyl (C=O) groups excluding carboxylic acids is 2. The van der Waals surface area contributed by atoms with E-state index in [4.69, 9.17) is 10.5 Å². The van der Waals surface area contributed by atoms with E-state index in [1.807, 2.05) is 31.2 Å². The number of aromatic nitrogens is 2. The van der Waals surface area contributed by atoms with Crippen LogP contribution < -0.4 is 15.4 Å². The Labute approximate surface area is 165 Å². The topological polar surface area (TPSA) is 102 Å². The maximum Gasteiger partial charge on any atom is 0.260 e. The molecule has 2 N–H and O–H groups in total. The maximum absolute atomic E-state index is 12.4. The third-order valence-electron chi connectivity index (χ3n) is 4.08. The van der Waals surface area contributed by atoms with Crippen molar-refractivity contribution in [1.29, 1.82) is 0 Å². The van der Waals surface area contributed by atoms with Crippen molar-refractivity contribution < 1.29 is 14.3 Å². The molecule has 1 aromatic heterocycles. The number of ether oxygens (including phenoxy) is 1. The molecule has 0 radical (unpaired) electrons. The van der Waals surface area contributed by atoms with Crippen LogP contribution in [0, 0.1) is 6.92 Å². The van der Waals surface area contributed by atoms with E-state index in [1.54, 1.807) is 4.90 Å². The van der Waals surface area contributed by atoms with E-state index in [1.165, 1.54) is 23.1 Å². The van der Waals surface area contributed by atoms with Crippen molar-refractivity contribution >= 4 is 40.0 Å². The number of amides is 2. The van der Waals surface area contributed by atoms with Gasteiger partial charge in [-0.05, 0) is 18.6 Å². The van der Waals surface area contributed by atoms with Gasteiger partial charge in [0.25, 0.3) is 5.91 Å². The summed E-state index contributed by atoms with van der Waals surface area (Å²) in [6.45, 7) is 4.59. The number of para-hydroxylation sites is 1. The summed E-state index contributed by atoms with van der Waals surface area (Å²) in [4.78, 5) is 27.1. The summed E-state index contributed by atoms with van der Waals surface area (Å²) < 4.78 is 6.36. The molecule has 27 heavy (non-hydrogen) atoms. The summed E-state index contributed by atoms with van der Waals surface area (Å²) in [6, 6.07) is 7.65. The Balaban J connectivity index is 1.46. The lowest BCUT2D eigenvalue weighted by Crippen LogP contribution is -2.50. The fraction of sp³-hybridized carbons (Fsp3) is 0.412. The highest BCUT2D eigenvalue weighted by atomic mass is 32.2.